The van der Waals surface area contributed by atoms with Gasteiger partial charge in [-0.25, -0.2) is 14.6 Å². The van der Waals surface area contributed by atoms with Gasteiger partial charge in [-0.2, -0.15) is 0 Å². The van der Waals surface area contributed by atoms with Crippen LogP contribution in [0.1, 0.15) is 18.0 Å². The van der Waals surface area contributed by atoms with Gasteiger partial charge in [0, 0.05) is 32.2 Å². The molecule has 1 aliphatic heterocycles. The number of oxazole rings is 1. The number of aryl methyl sites for hydroxylation is 1. The van der Waals surface area contributed by atoms with Gasteiger partial charge in [0.1, 0.15) is 12.0 Å². The Morgan fingerprint density at radius 2 is 1.95 bits per heavy atom. The Labute approximate surface area is 122 Å². The van der Waals surface area contributed by atoms with Crippen LogP contribution in [0.15, 0.2) is 28.9 Å². The SMILES string of the molecule is Cc1nc(C2=CCCN(C)C2)co1.O=C(O)/C=C/C(=O)O. The topological polar surface area (TPSA) is 104 Å². The van der Waals surface area contributed by atoms with E-state index in [0.717, 1.165) is 31.1 Å². The van der Waals surface area contributed by atoms with Crippen LogP contribution in [-0.4, -0.2) is 52.2 Å². The molecule has 7 nitrogen and oxygen atoms in total. The van der Waals surface area contributed by atoms with Crippen molar-refractivity contribution in [3.05, 3.63) is 36.1 Å². The minimum atomic E-state index is -1.26. The van der Waals surface area contributed by atoms with Crippen molar-refractivity contribution in [1.29, 1.82) is 0 Å². The van der Waals surface area contributed by atoms with Crippen LogP contribution in [0.5, 0.6) is 0 Å². The predicted octanol–water partition coefficient (Wildman–Crippen LogP) is 1.41. The molecule has 2 N–H and O–H groups in total. The quantitative estimate of drug-likeness (QED) is 0.812. The molecule has 0 aliphatic carbocycles. The average molecular weight is 294 g/mol. The van der Waals surface area contributed by atoms with Crippen LogP contribution in [0.3, 0.4) is 0 Å². The number of likely N-dealkylation sites (N-methyl/N-ethyl adjacent to an activating group) is 1. The summed E-state index contributed by atoms with van der Waals surface area (Å²) >= 11 is 0. The van der Waals surface area contributed by atoms with Gasteiger partial charge in [-0.05, 0) is 19.0 Å². The Morgan fingerprint density at radius 3 is 2.38 bits per heavy atom. The third kappa shape index (κ3) is 6.53. The highest BCUT2D eigenvalue weighted by atomic mass is 16.4. The maximum atomic E-state index is 9.55. The minimum absolute atomic E-state index is 0.558. The molecule has 0 saturated heterocycles. The lowest BCUT2D eigenvalue weighted by Crippen LogP contribution is -2.24. The van der Waals surface area contributed by atoms with Crippen molar-refractivity contribution in [2.24, 2.45) is 0 Å². The lowest BCUT2D eigenvalue weighted by atomic mass is 10.1. The summed E-state index contributed by atoms with van der Waals surface area (Å²) in [5, 5.41) is 15.6. The summed E-state index contributed by atoms with van der Waals surface area (Å²) in [7, 11) is 2.12. The van der Waals surface area contributed by atoms with E-state index >= 15 is 0 Å². The number of rotatable bonds is 3. The van der Waals surface area contributed by atoms with E-state index in [-0.39, 0.29) is 0 Å². The summed E-state index contributed by atoms with van der Waals surface area (Å²) in [5.74, 6) is -1.77. The van der Waals surface area contributed by atoms with Crippen molar-refractivity contribution in [2.45, 2.75) is 13.3 Å². The minimum Gasteiger partial charge on any atom is -0.478 e. The molecule has 0 amide bonds. The number of aromatic nitrogens is 1. The fraction of sp³-hybridized carbons (Fsp3) is 0.357. The van der Waals surface area contributed by atoms with E-state index < -0.39 is 11.9 Å². The number of hydrogen-bond acceptors (Lipinski definition) is 5. The molecule has 1 aromatic rings. The van der Waals surface area contributed by atoms with Gasteiger partial charge in [0.05, 0.1) is 0 Å². The zero-order valence-electron chi connectivity index (χ0n) is 11.9. The van der Waals surface area contributed by atoms with E-state index in [2.05, 4.69) is 23.0 Å². The molecule has 1 aromatic heterocycles. The van der Waals surface area contributed by atoms with E-state index in [4.69, 9.17) is 14.6 Å². The Kier molecular flexibility index (Phi) is 6.35. The molecule has 0 unspecified atom stereocenters. The summed E-state index contributed by atoms with van der Waals surface area (Å²) in [6.07, 6.45) is 6.21. The van der Waals surface area contributed by atoms with Crippen LogP contribution in [0.25, 0.3) is 5.57 Å². The van der Waals surface area contributed by atoms with Crippen molar-refractivity contribution >= 4 is 17.5 Å². The Balaban J connectivity index is 0.000000240. The molecular weight excluding hydrogens is 276 g/mol. The van der Waals surface area contributed by atoms with E-state index in [1.165, 1.54) is 5.57 Å². The molecule has 1 aliphatic rings. The van der Waals surface area contributed by atoms with Crippen LogP contribution in [0.2, 0.25) is 0 Å². The molecule has 0 radical (unpaired) electrons. The van der Waals surface area contributed by atoms with Gasteiger partial charge in [0.25, 0.3) is 0 Å². The molecule has 0 atom stereocenters. The first-order chi connectivity index (χ1) is 9.88. The molecule has 114 valence electrons. The molecule has 2 rings (SSSR count). The standard InChI is InChI=1S/C10H14N2O.C4H4O4/c1-8-11-10(7-13-8)9-4-3-5-12(2)6-9;5-3(6)1-2-4(7)8/h4,7H,3,5-6H2,1-2H3;1-2H,(H,5,6)(H,7,8)/b;2-1+. The highest BCUT2D eigenvalue weighted by Crippen LogP contribution is 2.18. The fourth-order valence-electron chi connectivity index (χ4n) is 1.73. The van der Waals surface area contributed by atoms with Gasteiger partial charge in [-0.15, -0.1) is 0 Å². The number of carboxylic acids is 2. The largest absolute Gasteiger partial charge is 0.478 e. The molecule has 0 fully saturated rings. The number of aliphatic carboxylic acids is 2. The summed E-state index contributed by atoms with van der Waals surface area (Å²) < 4.78 is 5.18. The molecule has 0 spiro atoms. The maximum Gasteiger partial charge on any atom is 0.328 e. The lowest BCUT2D eigenvalue weighted by molar-refractivity contribution is -0.134. The summed E-state index contributed by atoms with van der Waals surface area (Å²) in [6.45, 7) is 3.99. The third-order valence-corrected chi connectivity index (χ3v) is 2.66. The summed E-state index contributed by atoms with van der Waals surface area (Å²) in [4.78, 5) is 25.7. The van der Waals surface area contributed by atoms with E-state index in [1.807, 2.05) is 6.92 Å². The average Bonchev–Trinajstić information content (AvgIpc) is 2.84. The second-order valence-electron chi connectivity index (χ2n) is 4.52. The monoisotopic (exact) mass is 294 g/mol. The highest BCUT2D eigenvalue weighted by Gasteiger charge is 2.12. The summed E-state index contributed by atoms with van der Waals surface area (Å²) in [6, 6.07) is 0. The van der Waals surface area contributed by atoms with E-state index in [0.29, 0.717) is 12.2 Å². The van der Waals surface area contributed by atoms with E-state index in [1.54, 1.807) is 6.26 Å². The molecule has 21 heavy (non-hydrogen) atoms. The van der Waals surface area contributed by atoms with Crippen molar-refractivity contribution in [2.75, 3.05) is 20.1 Å². The first kappa shape index (κ1) is 16.6. The summed E-state index contributed by atoms with van der Waals surface area (Å²) in [5.41, 5.74) is 2.27. The molecule has 0 bridgehead atoms. The number of carboxylic acid groups (broad SMARTS) is 2. The van der Waals surface area contributed by atoms with Crippen molar-refractivity contribution in [3.63, 3.8) is 0 Å². The van der Waals surface area contributed by atoms with Gasteiger partial charge in [-0.1, -0.05) is 6.08 Å². The number of carbonyl (C=O) groups is 2. The van der Waals surface area contributed by atoms with Crippen LogP contribution >= 0.6 is 0 Å². The van der Waals surface area contributed by atoms with Gasteiger partial charge in [0.15, 0.2) is 5.89 Å². The third-order valence-electron chi connectivity index (χ3n) is 2.66. The molecule has 2 heterocycles. The molecule has 7 heteroatoms. The van der Waals surface area contributed by atoms with Gasteiger partial charge in [-0.3, -0.25) is 0 Å². The smallest absolute Gasteiger partial charge is 0.328 e. The second-order valence-corrected chi connectivity index (χ2v) is 4.52. The van der Waals surface area contributed by atoms with E-state index in [9.17, 15) is 9.59 Å². The van der Waals surface area contributed by atoms with Crippen LogP contribution in [0, 0.1) is 6.92 Å². The molecular formula is C14H18N2O5. The van der Waals surface area contributed by atoms with Crippen molar-refractivity contribution < 1.29 is 24.2 Å². The predicted molar refractivity (Wildman–Crippen MR) is 75.7 cm³/mol. The van der Waals surface area contributed by atoms with Gasteiger partial charge < -0.3 is 19.5 Å². The van der Waals surface area contributed by atoms with Gasteiger partial charge in [0.2, 0.25) is 0 Å². The Morgan fingerprint density at radius 1 is 1.33 bits per heavy atom. The lowest BCUT2D eigenvalue weighted by Gasteiger charge is -2.21. The number of hydrogen-bond donors (Lipinski definition) is 2. The second kappa shape index (κ2) is 8.01. The van der Waals surface area contributed by atoms with Crippen molar-refractivity contribution in [1.82, 2.24) is 9.88 Å². The van der Waals surface area contributed by atoms with Crippen LogP contribution < -0.4 is 0 Å². The first-order valence-corrected chi connectivity index (χ1v) is 6.32. The number of nitrogens with zero attached hydrogens (tertiary/aromatic N) is 2. The normalized spacial score (nSPS) is 15.2. The Bertz CT molecular complexity index is 543. The van der Waals surface area contributed by atoms with Crippen LogP contribution in [0.4, 0.5) is 0 Å². The first-order valence-electron chi connectivity index (χ1n) is 6.32. The van der Waals surface area contributed by atoms with Crippen LogP contribution in [-0.2, 0) is 9.59 Å². The molecule has 0 saturated carbocycles. The van der Waals surface area contributed by atoms with Gasteiger partial charge >= 0.3 is 11.9 Å². The Hall–Kier alpha value is -2.41. The molecule has 0 aromatic carbocycles. The maximum absolute atomic E-state index is 9.55. The van der Waals surface area contributed by atoms with Crippen molar-refractivity contribution in [3.8, 4) is 0 Å². The zero-order chi connectivity index (χ0) is 15.8. The fourth-order valence-corrected chi connectivity index (χ4v) is 1.73. The highest BCUT2D eigenvalue weighted by molar-refractivity contribution is 5.89. The zero-order valence-corrected chi connectivity index (χ0v) is 11.9.